The van der Waals surface area contributed by atoms with Crippen LogP contribution < -0.4 is 17.2 Å². The summed E-state index contributed by atoms with van der Waals surface area (Å²) in [5.74, 6) is 0.412. The minimum atomic E-state index is -0.0464. The van der Waals surface area contributed by atoms with Crippen molar-refractivity contribution in [2.75, 3.05) is 23.5 Å². The van der Waals surface area contributed by atoms with Crippen LogP contribution in [0.5, 0.6) is 0 Å². The van der Waals surface area contributed by atoms with E-state index in [4.69, 9.17) is 26.7 Å². The van der Waals surface area contributed by atoms with E-state index in [1.54, 1.807) is 17.8 Å². The molecule has 0 saturated carbocycles. The highest BCUT2D eigenvalue weighted by Gasteiger charge is 2.24. The van der Waals surface area contributed by atoms with Crippen LogP contribution in [0.4, 0.5) is 17.8 Å². The van der Waals surface area contributed by atoms with E-state index < -0.39 is 0 Å². The molecule has 0 spiro atoms. The molecule has 0 amide bonds. The van der Waals surface area contributed by atoms with Gasteiger partial charge < -0.3 is 21.6 Å². The Morgan fingerprint density at radius 3 is 2.67 bits per heavy atom. The van der Waals surface area contributed by atoms with E-state index in [0.717, 1.165) is 5.56 Å². The Balaban J connectivity index is 1.96. The zero-order chi connectivity index (χ0) is 19.3. The normalized spacial score (nSPS) is 12.3. The first-order valence-corrected chi connectivity index (χ1v) is 9.51. The summed E-state index contributed by atoms with van der Waals surface area (Å²) >= 11 is 1.75. The Morgan fingerprint density at radius 2 is 1.93 bits per heavy atom. The van der Waals surface area contributed by atoms with Crippen LogP contribution >= 0.6 is 11.8 Å². The van der Waals surface area contributed by atoms with Gasteiger partial charge >= 0.3 is 0 Å². The van der Waals surface area contributed by atoms with Gasteiger partial charge in [-0.15, -0.1) is 0 Å². The third kappa shape index (κ3) is 3.01. The molecule has 6 N–H and O–H groups in total. The summed E-state index contributed by atoms with van der Waals surface area (Å²) in [6.07, 6.45) is 2.06. The lowest BCUT2D eigenvalue weighted by molar-refractivity contribution is 0.532. The lowest BCUT2D eigenvalue weighted by Crippen LogP contribution is -2.23. The molecular formula is C17H20N8OS. The van der Waals surface area contributed by atoms with Gasteiger partial charge in [-0.3, -0.25) is 0 Å². The molecule has 0 fully saturated rings. The van der Waals surface area contributed by atoms with Crippen molar-refractivity contribution < 1.29 is 4.42 Å². The first-order chi connectivity index (χ1) is 12.8. The van der Waals surface area contributed by atoms with Crippen LogP contribution in [0, 0.1) is 0 Å². The van der Waals surface area contributed by atoms with Crippen molar-refractivity contribution in [2.45, 2.75) is 25.1 Å². The van der Waals surface area contributed by atoms with Crippen LogP contribution in [0.25, 0.3) is 33.4 Å². The monoisotopic (exact) mass is 384 g/mol. The van der Waals surface area contributed by atoms with Gasteiger partial charge in [0.25, 0.3) is 6.01 Å². The second-order valence-corrected chi connectivity index (χ2v) is 8.38. The Morgan fingerprint density at radius 1 is 1.15 bits per heavy atom. The standard InChI is InChI=1S/C17H20N8OS/c1-17(2,27-3)7-25-14-11(13(18)22-15(19)23-14)12(24-25)8-4-5-10-9(6-8)21-16(20)26-10/h4-6H,7H2,1-3H3,(H2,20,21)(H4,18,19,22,23). The maximum Gasteiger partial charge on any atom is 0.292 e. The lowest BCUT2D eigenvalue weighted by atomic mass is 10.1. The second-order valence-electron chi connectivity index (χ2n) is 6.87. The van der Waals surface area contributed by atoms with E-state index in [9.17, 15) is 0 Å². The Hall–Kier alpha value is -3.01. The predicted molar refractivity (Wildman–Crippen MR) is 109 cm³/mol. The number of rotatable bonds is 4. The molecule has 3 heterocycles. The van der Waals surface area contributed by atoms with Crippen molar-refractivity contribution >= 4 is 51.7 Å². The fourth-order valence-corrected chi connectivity index (χ4v) is 3.20. The van der Waals surface area contributed by atoms with Gasteiger partial charge in [-0.2, -0.15) is 31.8 Å². The average Bonchev–Trinajstić information content (AvgIpc) is 3.13. The molecule has 0 atom stereocenters. The Bertz CT molecular complexity index is 1160. The zero-order valence-corrected chi connectivity index (χ0v) is 16.0. The van der Waals surface area contributed by atoms with E-state index >= 15 is 0 Å². The van der Waals surface area contributed by atoms with Crippen molar-refractivity contribution in [3.63, 3.8) is 0 Å². The zero-order valence-electron chi connectivity index (χ0n) is 15.2. The number of hydrogen-bond donors (Lipinski definition) is 3. The Labute approximate surface area is 159 Å². The van der Waals surface area contributed by atoms with E-state index in [-0.39, 0.29) is 16.7 Å². The molecule has 0 aliphatic heterocycles. The van der Waals surface area contributed by atoms with E-state index in [1.165, 1.54) is 0 Å². The third-order valence-corrected chi connectivity index (χ3v) is 5.63. The minimum Gasteiger partial charge on any atom is -0.424 e. The number of anilines is 3. The fourth-order valence-electron chi connectivity index (χ4n) is 2.95. The van der Waals surface area contributed by atoms with Gasteiger partial charge in [-0.05, 0) is 38.3 Å². The summed E-state index contributed by atoms with van der Waals surface area (Å²) in [7, 11) is 0. The molecule has 0 aliphatic carbocycles. The number of nitrogens with zero attached hydrogens (tertiary/aromatic N) is 5. The van der Waals surface area contributed by atoms with Gasteiger partial charge in [0.15, 0.2) is 11.2 Å². The minimum absolute atomic E-state index is 0.0464. The van der Waals surface area contributed by atoms with E-state index in [2.05, 4.69) is 35.1 Å². The molecule has 0 unspecified atom stereocenters. The molecule has 1 aromatic carbocycles. The number of nitrogens with two attached hydrogens (primary N) is 3. The first-order valence-electron chi connectivity index (χ1n) is 8.28. The molecule has 0 saturated heterocycles. The summed E-state index contributed by atoms with van der Waals surface area (Å²) in [6, 6.07) is 5.67. The van der Waals surface area contributed by atoms with Crippen LogP contribution in [-0.4, -0.2) is 35.7 Å². The molecule has 4 aromatic rings. The van der Waals surface area contributed by atoms with Crippen LogP contribution in [0.3, 0.4) is 0 Å². The smallest absolute Gasteiger partial charge is 0.292 e. The first kappa shape index (κ1) is 17.4. The number of aromatic nitrogens is 5. The number of oxazole rings is 1. The summed E-state index contributed by atoms with van der Waals surface area (Å²) in [5.41, 5.74) is 21.0. The van der Waals surface area contributed by atoms with Gasteiger partial charge in [-0.1, -0.05) is 0 Å². The fraction of sp³-hybridized carbons (Fsp3) is 0.294. The summed E-state index contributed by atoms with van der Waals surface area (Å²) in [5, 5.41) is 5.45. The highest BCUT2D eigenvalue weighted by Crippen LogP contribution is 2.34. The quantitative estimate of drug-likeness (QED) is 0.482. The number of nitrogen functional groups attached to an aromatic ring is 3. The molecule has 27 heavy (non-hydrogen) atoms. The summed E-state index contributed by atoms with van der Waals surface area (Å²) in [4.78, 5) is 12.7. The molecule has 0 aliphatic rings. The van der Waals surface area contributed by atoms with Crippen LogP contribution in [0.1, 0.15) is 13.8 Å². The van der Waals surface area contributed by atoms with E-state index in [1.807, 2.05) is 16.8 Å². The highest BCUT2D eigenvalue weighted by molar-refractivity contribution is 7.99. The number of benzene rings is 1. The largest absolute Gasteiger partial charge is 0.424 e. The summed E-state index contributed by atoms with van der Waals surface area (Å²) in [6.45, 7) is 4.92. The summed E-state index contributed by atoms with van der Waals surface area (Å²) < 4.78 is 7.13. The maximum atomic E-state index is 6.18. The van der Waals surface area contributed by atoms with Gasteiger partial charge in [-0.25, -0.2) is 4.68 Å². The second kappa shape index (κ2) is 6.02. The maximum absolute atomic E-state index is 6.18. The molecule has 10 heteroatoms. The third-order valence-electron chi connectivity index (χ3n) is 4.40. The van der Waals surface area contributed by atoms with E-state index in [0.29, 0.717) is 40.2 Å². The van der Waals surface area contributed by atoms with Crippen molar-refractivity contribution in [2.24, 2.45) is 0 Å². The predicted octanol–water partition coefficient (Wildman–Crippen LogP) is 2.52. The molecular weight excluding hydrogens is 364 g/mol. The van der Waals surface area contributed by atoms with Gasteiger partial charge in [0, 0.05) is 10.3 Å². The molecule has 140 valence electrons. The van der Waals surface area contributed by atoms with Crippen molar-refractivity contribution in [1.29, 1.82) is 0 Å². The van der Waals surface area contributed by atoms with Crippen molar-refractivity contribution in [3.8, 4) is 11.3 Å². The van der Waals surface area contributed by atoms with Gasteiger partial charge in [0.2, 0.25) is 5.95 Å². The molecule has 0 radical (unpaired) electrons. The number of fused-ring (bicyclic) bond motifs is 2. The SMILES string of the molecule is CSC(C)(C)Cn1nc(-c2ccc3oc(N)nc3c2)c2c(N)nc(N)nc21. The Kier molecular flexibility index (Phi) is 3.88. The molecule has 3 aromatic heterocycles. The average molecular weight is 384 g/mol. The van der Waals surface area contributed by atoms with Crippen LogP contribution in [0.15, 0.2) is 22.6 Å². The van der Waals surface area contributed by atoms with Gasteiger partial charge in [0.05, 0.1) is 11.9 Å². The van der Waals surface area contributed by atoms with Gasteiger partial charge in [0.1, 0.15) is 17.0 Å². The van der Waals surface area contributed by atoms with Crippen LogP contribution in [-0.2, 0) is 6.54 Å². The lowest BCUT2D eigenvalue weighted by Gasteiger charge is -2.21. The van der Waals surface area contributed by atoms with Crippen molar-refractivity contribution in [3.05, 3.63) is 18.2 Å². The van der Waals surface area contributed by atoms with Crippen LogP contribution in [0.2, 0.25) is 0 Å². The number of thioether (sulfide) groups is 1. The number of hydrogen-bond acceptors (Lipinski definition) is 9. The highest BCUT2D eigenvalue weighted by atomic mass is 32.2. The molecule has 0 bridgehead atoms. The topological polar surface area (TPSA) is 148 Å². The van der Waals surface area contributed by atoms with Crippen molar-refractivity contribution in [1.82, 2.24) is 24.7 Å². The molecule has 9 nitrogen and oxygen atoms in total. The molecule has 4 rings (SSSR count).